The second-order valence-corrected chi connectivity index (χ2v) is 5.30. The van der Waals surface area contributed by atoms with Crippen molar-refractivity contribution in [3.8, 4) is 0 Å². The van der Waals surface area contributed by atoms with Crippen LogP contribution in [0.1, 0.15) is 40.5 Å². The van der Waals surface area contributed by atoms with E-state index in [-0.39, 0.29) is 5.92 Å². The van der Waals surface area contributed by atoms with Crippen molar-refractivity contribution in [1.82, 2.24) is 15.5 Å². The van der Waals surface area contributed by atoms with Gasteiger partial charge in [-0.25, -0.2) is 9.59 Å². The Morgan fingerprint density at radius 1 is 1.20 bits per heavy atom. The fourth-order valence-corrected chi connectivity index (χ4v) is 1.95. The average molecular weight is 287 g/mol. The SMILES string of the molecule is CCN(CC)CCCNC(=O)N[C@H](CC(C)C)C(=O)O. The highest BCUT2D eigenvalue weighted by molar-refractivity contribution is 5.82. The van der Waals surface area contributed by atoms with Crippen LogP contribution in [0.15, 0.2) is 0 Å². The number of aliphatic carboxylic acids is 1. The van der Waals surface area contributed by atoms with Crippen molar-refractivity contribution in [1.29, 1.82) is 0 Å². The Morgan fingerprint density at radius 3 is 2.25 bits per heavy atom. The standard InChI is InChI=1S/C14H29N3O3/c1-5-17(6-2)9-7-8-15-14(20)16-12(13(18)19)10-11(3)4/h11-12H,5-10H2,1-4H3,(H,18,19)(H2,15,16,20)/t12-/m1/s1. The van der Waals surface area contributed by atoms with Crippen LogP contribution in [0.4, 0.5) is 4.79 Å². The van der Waals surface area contributed by atoms with Gasteiger partial charge in [-0.15, -0.1) is 0 Å². The summed E-state index contributed by atoms with van der Waals surface area (Å²) in [5.41, 5.74) is 0. The summed E-state index contributed by atoms with van der Waals surface area (Å²) >= 11 is 0. The van der Waals surface area contributed by atoms with Gasteiger partial charge in [0.05, 0.1) is 0 Å². The molecule has 0 radical (unpaired) electrons. The predicted molar refractivity (Wildman–Crippen MR) is 79.8 cm³/mol. The lowest BCUT2D eigenvalue weighted by molar-refractivity contribution is -0.139. The van der Waals surface area contributed by atoms with Gasteiger partial charge in [-0.2, -0.15) is 0 Å². The number of nitrogens with one attached hydrogen (secondary N) is 2. The normalized spacial score (nSPS) is 12.5. The van der Waals surface area contributed by atoms with Crippen LogP contribution in [0.2, 0.25) is 0 Å². The van der Waals surface area contributed by atoms with Crippen LogP contribution in [0.5, 0.6) is 0 Å². The van der Waals surface area contributed by atoms with Crippen molar-refractivity contribution < 1.29 is 14.7 Å². The summed E-state index contributed by atoms with van der Waals surface area (Å²) in [5, 5.41) is 14.2. The number of amides is 2. The number of carbonyl (C=O) groups is 2. The summed E-state index contributed by atoms with van der Waals surface area (Å²) < 4.78 is 0. The molecule has 0 aromatic rings. The van der Waals surface area contributed by atoms with Gasteiger partial charge in [0.25, 0.3) is 0 Å². The Labute approximate surface area is 121 Å². The zero-order chi connectivity index (χ0) is 15.5. The number of rotatable bonds is 10. The molecule has 0 aliphatic heterocycles. The molecule has 0 aliphatic rings. The van der Waals surface area contributed by atoms with Gasteiger partial charge in [0, 0.05) is 6.54 Å². The molecule has 0 fully saturated rings. The molecular weight excluding hydrogens is 258 g/mol. The minimum absolute atomic E-state index is 0.221. The predicted octanol–water partition coefficient (Wildman–Crippen LogP) is 1.52. The van der Waals surface area contributed by atoms with Crippen LogP contribution < -0.4 is 10.6 Å². The minimum atomic E-state index is -0.989. The molecule has 0 aliphatic carbocycles. The maximum atomic E-state index is 11.6. The Bertz CT molecular complexity index is 291. The summed E-state index contributed by atoms with van der Waals surface area (Å²) in [6, 6.07) is -1.23. The summed E-state index contributed by atoms with van der Waals surface area (Å²) in [6.45, 7) is 11.5. The van der Waals surface area contributed by atoms with Crippen molar-refractivity contribution in [2.75, 3.05) is 26.2 Å². The van der Waals surface area contributed by atoms with Crippen LogP contribution in [0, 0.1) is 5.92 Å². The van der Waals surface area contributed by atoms with Gasteiger partial charge < -0.3 is 20.6 Å². The van der Waals surface area contributed by atoms with E-state index < -0.39 is 18.0 Å². The molecule has 20 heavy (non-hydrogen) atoms. The number of nitrogens with zero attached hydrogens (tertiary/aromatic N) is 1. The van der Waals surface area contributed by atoms with E-state index in [1.807, 2.05) is 13.8 Å². The molecule has 2 amide bonds. The Balaban J connectivity index is 3.93. The number of urea groups is 1. The molecule has 1 atom stereocenters. The first-order valence-corrected chi connectivity index (χ1v) is 7.40. The number of hydrogen-bond donors (Lipinski definition) is 3. The lowest BCUT2D eigenvalue weighted by Crippen LogP contribution is -2.47. The maximum Gasteiger partial charge on any atom is 0.326 e. The van der Waals surface area contributed by atoms with Crippen LogP contribution in [-0.4, -0.2) is 54.2 Å². The van der Waals surface area contributed by atoms with E-state index in [2.05, 4.69) is 29.4 Å². The molecule has 0 saturated heterocycles. The molecule has 0 bridgehead atoms. The monoisotopic (exact) mass is 287 g/mol. The average Bonchev–Trinajstić information content (AvgIpc) is 2.37. The molecule has 6 heteroatoms. The molecule has 0 heterocycles. The lowest BCUT2D eigenvalue weighted by Gasteiger charge is -2.19. The van der Waals surface area contributed by atoms with Crippen molar-refractivity contribution in [2.45, 2.75) is 46.6 Å². The maximum absolute atomic E-state index is 11.6. The van der Waals surface area contributed by atoms with Gasteiger partial charge in [0.1, 0.15) is 6.04 Å². The molecule has 0 aromatic heterocycles. The Morgan fingerprint density at radius 2 is 1.80 bits per heavy atom. The van der Waals surface area contributed by atoms with Gasteiger partial charge in [-0.3, -0.25) is 0 Å². The van der Waals surface area contributed by atoms with Crippen LogP contribution >= 0.6 is 0 Å². The summed E-state index contributed by atoms with van der Waals surface area (Å²) in [4.78, 5) is 24.9. The van der Waals surface area contributed by atoms with Gasteiger partial charge in [-0.05, 0) is 38.4 Å². The fourth-order valence-electron chi connectivity index (χ4n) is 1.95. The molecular formula is C14H29N3O3. The second-order valence-electron chi connectivity index (χ2n) is 5.30. The Kier molecular flexibility index (Phi) is 9.80. The van der Waals surface area contributed by atoms with Crippen LogP contribution in [0.25, 0.3) is 0 Å². The third-order valence-electron chi connectivity index (χ3n) is 3.14. The van der Waals surface area contributed by atoms with Crippen molar-refractivity contribution in [3.05, 3.63) is 0 Å². The highest BCUT2D eigenvalue weighted by Gasteiger charge is 2.20. The first-order valence-electron chi connectivity index (χ1n) is 7.40. The summed E-state index contributed by atoms with van der Waals surface area (Å²) in [7, 11) is 0. The summed E-state index contributed by atoms with van der Waals surface area (Å²) in [6.07, 6.45) is 1.29. The highest BCUT2D eigenvalue weighted by atomic mass is 16.4. The van der Waals surface area contributed by atoms with Crippen molar-refractivity contribution >= 4 is 12.0 Å². The molecule has 0 rings (SSSR count). The number of carbonyl (C=O) groups excluding carboxylic acids is 1. The van der Waals surface area contributed by atoms with E-state index in [0.717, 1.165) is 26.1 Å². The van der Waals surface area contributed by atoms with Crippen molar-refractivity contribution in [3.63, 3.8) is 0 Å². The largest absolute Gasteiger partial charge is 0.480 e. The zero-order valence-corrected chi connectivity index (χ0v) is 13.1. The van der Waals surface area contributed by atoms with E-state index in [4.69, 9.17) is 5.11 Å². The Hall–Kier alpha value is -1.30. The van der Waals surface area contributed by atoms with E-state index in [0.29, 0.717) is 13.0 Å². The van der Waals surface area contributed by atoms with E-state index in [1.54, 1.807) is 0 Å². The zero-order valence-electron chi connectivity index (χ0n) is 13.1. The molecule has 6 nitrogen and oxygen atoms in total. The molecule has 3 N–H and O–H groups in total. The molecule has 0 saturated carbocycles. The number of carboxylic acids is 1. The third kappa shape index (κ3) is 8.74. The third-order valence-corrected chi connectivity index (χ3v) is 3.14. The first kappa shape index (κ1) is 18.7. The summed E-state index contributed by atoms with van der Waals surface area (Å²) in [5.74, 6) is -0.768. The van der Waals surface area contributed by atoms with Gasteiger partial charge in [0.2, 0.25) is 0 Å². The van der Waals surface area contributed by atoms with E-state index in [9.17, 15) is 9.59 Å². The molecule has 0 unspecified atom stereocenters. The second kappa shape index (κ2) is 10.5. The van der Waals surface area contributed by atoms with Crippen LogP contribution in [0.3, 0.4) is 0 Å². The molecule has 0 spiro atoms. The lowest BCUT2D eigenvalue weighted by atomic mass is 10.0. The number of carboxylic acid groups (broad SMARTS) is 1. The quantitative estimate of drug-likeness (QED) is 0.532. The molecule has 0 aromatic carbocycles. The van der Waals surface area contributed by atoms with Gasteiger partial charge in [0.15, 0.2) is 0 Å². The van der Waals surface area contributed by atoms with Crippen molar-refractivity contribution in [2.24, 2.45) is 5.92 Å². The highest BCUT2D eigenvalue weighted by Crippen LogP contribution is 2.04. The minimum Gasteiger partial charge on any atom is -0.480 e. The van der Waals surface area contributed by atoms with Gasteiger partial charge in [-0.1, -0.05) is 27.7 Å². The van der Waals surface area contributed by atoms with E-state index in [1.165, 1.54) is 0 Å². The fraction of sp³-hybridized carbons (Fsp3) is 0.857. The van der Waals surface area contributed by atoms with Crippen LogP contribution in [-0.2, 0) is 4.79 Å². The van der Waals surface area contributed by atoms with E-state index >= 15 is 0 Å². The van der Waals surface area contributed by atoms with Gasteiger partial charge >= 0.3 is 12.0 Å². The first-order chi connectivity index (χ1) is 9.40. The topological polar surface area (TPSA) is 81.7 Å². The molecule has 118 valence electrons. The smallest absolute Gasteiger partial charge is 0.326 e. The number of hydrogen-bond acceptors (Lipinski definition) is 3.